The van der Waals surface area contributed by atoms with Gasteiger partial charge in [0.15, 0.2) is 11.5 Å². The summed E-state index contributed by atoms with van der Waals surface area (Å²) < 4.78 is 21.1. The van der Waals surface area contributed by atoms with Crippen molar-refractivity contribution in [3.05, 3.63) is 12.0 Å². The third-order valence-corrected chi connectivity index (χ3v) is 3.11. The minimum absolute atomic E-state index is 0.00912. The molecule has 7 nitrogen and oxygen atoms in total. The number of fused-ring (bicyclic) bond motifs is 1. The van der Waals surface area contributed by atoms with Crippen LogP contribution in [0.2, 0.25) is 0 Å². The molecule has 0 spiro atoms. The number of aliphatic hydroxyl groups excluding tert-OH is 1. The lowest BCUT2D eigenvalue weighted by Gasteiger charge is -2.21. The summed E-state index contributed by atoms with van der Waals surface area (Å²) >= 11 is 0. The van der Waals surface area contributed by atoms with Crippen LogP contribution in [0.3, 0.4) is 0 Å². The van der Waals surface area contributed by atoms with E-state index in [9.17, 15) is 4.39 Å². The van der Waals surface area contributed by atoms with Gasteiger partial charge in [-0.15, -0.1) is 0 Å². The van der Waals surface area contributed by atoms with Crippen LogP contribution in [0.1, 0.15) is 26.5 Å². The van der Waals surface area contributed by atoms with Gasteiger partial charge < -0.3 is 25.9 Å². The molecule has 8 heteroatoms. The Balaban J connectivity index is 2.44. The van der Waals surface area contributed by atoms with Gasteiger partial charge in [0.25, 0.3) is 0 Å². The molecule has 2 rings (SSSR count). The minimum Gasteiger partial charge on any atom is -0.394 e. The second kappa shape index (κ2) is 5.59. The first-order chi connectivity index (χ1) is 9.47. The Bertz CT molecular complexity index is 611. The zero-order valence-corrected chi connectivity index (χ0v) is 11.4. The van der Waals surface area contributed by atoms with Crippen molar-refractivity contribution in [1.29, 1.82) is 0 Å². The summed E-state index contributed by atoms with van der Waals surface area (Å²) in [5.41, 5.74) is 11.5. The Hall–Kier alpha value is -1.93. The van der Waals surface area contributed by atoms with Crippen LogP contribution in [-0.2, 0) is 4.74 Å². The molecule has 0 aliphatic rings. The molecule has 0 fully saturated rings. The molecule has 0 amide bonds. The van der Waals surface area contributed by atoms with Gasteiger partial charge in [0.05, 0.1) is 18.1 Å². The Kier molecular flexibility index (Phi) is 4.05. The highest BCUT2D eigenvalue weighted by atomic mass is 19.1. The van der Waals surface area contributed by atoms with Crippen LogP contribution in [0.25, 0.3) is 11.0 Å². The maximum absolute atomic E-state index is 13.9. The Morgan fingerprint density at radius 1 is 1.45 bits per heavy atom. The smallest absolute Gasteiger partial charge is 0.223 e. The molecule has 0 bridgehead atoms. The van der Waals surface area contributed by atoms with Gasteiger partial charge in [0, 0.05) is 6.20 Å². The fourth-order valence-electron chi connectivity index (χ4n) is 2.04. The van der Waals surface area contributed by atoms with Crippen LogP contribution in [0, 0.1) is 5.82 Å². The lowest BCUT2D eigenvalue weighted by Crippen LogP contribution is -2.21. The average molecular weight is 283 g/mol. The first-order valence-corrected chi connectivity index (χ1v) is 6.33. The molecule has 0 aliphatic heterocycles. The maximum atomic E-state index is 13.9. The fraction of sp³-hybridized carbons (Fsp3) is 0.500. The SMILES string of the molecule is CCC(CO)OC(C)n1cc(F)c2c(N)nc(N)nc21. The molecule has 0 aromatic carbocycles. The van der Waals surface area contributed by atoms with Gasteiger partial charge in [-0.1, -0.05) is 6.92 Å². The number of nitrogens with zero attached hydrogens (tertiary/aromatic N) is 3. The molecule has 20 heavy (non-hydrogen) atoms. The molecular weight excluding hydrogens is 265 g/mol. The molecular formula is C12H18FN5O2. The zero-order chi connectivity index (χ0) is 14.9. The number of aromatic nitrogens is 3. The van der Waals surface area contributed by atoms with E-state index < -0.39 is 12.0 Å². The molecule has 110 valence electrons. The van der Waals surface area contributed by atoms with Gasteiger partial charge >= 0.3 is 0 Å². The summed E-state index contributed by atoms with van der Waals surface area (Å²) in [5.74, 6) is -0.578. The molecule has 2 aromatic rings. The monoisotopic (exact) mass is 283 g/mol. The van der Waals surface area contributed by atoms with Crippen molar-refractivity contribution in [2.75, 3.05) is 18.1 Å². The number of hydrogen-bond donors (Lipinski definition) is 3. The second-order valence-electron chi connectivity index (χ2n) is 4.50. The van der Waals surface area contributed by atoms with Gasteiger partial charge in [-0.2, -0.15) is 9.97 Å². The summed E-state index contributed by atoms with van der Waals surface area (Å²) in [6.45, 7) is 3.51. The highest BCUT2D eigenvalue weighted by molar-refractivity contribution is 5.88. The van der Waals surface area contributed by atoms with Crippen molar-refractivity contribution in [2.45, 2.75) is 32.6 Å². The summed E-state index contributed by atoms with van der Waals surface area (Å²) in [4.78, 5) is 7.74. The van der Waals surface area contributed by atoms with Gasteiger partial charge in [-0.05, 0) is 13.3 Å². The van der Waals surface area contributed by atoms with E-state index in [0.717, 1.165) is 0 Å². The number of nitrogen functional groups attached to an aromatic ring is 2. The number of halogens is 1. The zero-order valence-electron chi connectivity index (χ0n) is 11.4. The highest BCUT2D eigenvalue weighted by Gasteiger charge is 2.20. The van der Waals surface area contributed by atoms with E-state index in [1.165, 1.54) is 10.8 Å². The topological polar surface area (TPSA) is 112 Å². The van der Waals surface area contributed by atoms with Crippen LogP contribution in [0.4, 0.5) is 16.2 Å². The molecule has 2 aromatic heterocycles. The Morgan fingerprint density at radius 3 is 2.75 bits per heavy atom. The standard InChI is InChI=1S/C12H18FN5O2/c1-3-7(5-19)20-6(2)18-4-8(13)9-10(14)16-12(15)17-11(9)18/h4,6-7,19H,3,5H2,1-2H3,(H4,14,15,16,17). The summed E-state index contributed by atoms with van der Waals surface area (Å²) in [6, 6.07) is 0. The van der Waals surface area contributed by atoms with Gasteiger partial charge in [-0.25, -0.2) is 4.39 Å². The molecule has 2 heterocycles. The molecule has 5 N–H and O–H groups in total. The lowest BCUT2D eigenvalue weighted by molar-refractivity contribution is -0.0646. The fourth-order valence-corrected chi connectivity index (χ4v) is 2.04. The van der Waals surface area contributed by atoms with E-state index in [1.807, 2.05) is 6.92 Å². The summed E-state index contributed by atoms with van der Waals surface area (Å²) in [5, 5.41) is 9.27. The van der Waals surface area contributed by atoms with Gasteiger partial charge in [0.1, 0.15) is 12.0 Å². The third kappa shape index (κ3) is 2.52. The van der Waals surface area contributed by atoms with Crippen molar-refractivity contribution in [1.82, 2.24) is 14.5 Å². The lowest BCUT2D eigenvalue weighted by atomic mass is 10.3. The number of hydrogen-bond acceptors (Lipinski definition) is 6. The van der Waals surface area contributed by atoms with Crippen LogP contribution in [0.15, 0.2) is 6.20 Å². The first-order valence-electron chi connectivity index (χ1n) is 6.33. The third-order valence-electron chi connectivity index (χ3n) is 3.11. The number of aliphatic hydroxyl groups is 1. The maximum Gasteiger partial charge on any atom is 0.223 e. The van der Waals surface area contributed by atoms with Gasteiger partial charge in [0.2, 0.25) is 5.95 Å². The Labute approximate surface area is 115 Å². The van der Waals surface area contributed by atoms with Crippen molar-refractivity contribution in [3.63, 3.8) is 0 Å². The van der Waals surface area contributed by atoms with E-state index in [1.54, 1.807) is 6.92 Å². The van der Waals surface area contributed by atoms with Crippen molar-refractivity contribution in [3.8, 4) is 0 Å². The predicted octanol–water partition coefficient (Wildman–Crippen LogP) is 1.04. The second-order valence-corrected chi connectivity index (χ2v) is 4.50. The molecule has 2 unspecified atom stereocenters. The minimum atomic E-state index is -0.537. The molecule has 2 atom stereocenters. The Morgan fingerprint density at radius 2 is 2.15 bits per heavy atom. The normalized spacial score (nSPS) is 14.6. The number of anilines is 2. The quantitative estimate of drug-likeness (QED) is 0.755. The summed E-state index contributed by atoms with van der Waals surface area (Å²) in [6.07, 6.45) is 1.03. The summed E-state index contributed by atoms with van der Waals surface area (Å²) in [7, 11) is 0. The van der Waals surface area contributed by atoms with E-state index in [2.05, 4.69) is 9.97 Å². The van der Waals surface area contributed by atoms with Crippen LogP contribution in [-0.4, -0.2) is 32.4 Å². The van der Waals surface area contributed by atoms with Crippen LogP contribution < -0.4 is 11.5 Å². The van der Waals surface area contributed by atoms with E-state index in [-0.39, 0.29) is 35.5 Å². The molecule has 0 saturated carbocycles. The van der Waals surface area contributed by atoms with Crippen LogP contribution in [0.5, 0.6) is 0 Å². The van der Waals surface area contributed by atoms with E-state index in [4.69, 9.17) is 21.3 Å². The first kappa shape index (κ1) is 14.5. The predicted molar refractivity (Wildman–Crippen MR) is 73.3 cm³/mol. The van der Waals surface area contributed by atoms with E-state index in [0.29, 0.717) is 6.42 Å². The number of nitrogens with two attached hydrogens (primary N) is 2. The van der Waals surface area contributed by atoms with E-state index >= 15 is 0 Å². The largest absolute Gasteiger partial charge is 0.394 e. The molecule has 0 aliphatic carbocycles. The molecule has 0 saturated heterocycles. The molecule has 0 radical (unpaired) electrons. The van der Waals surface area contributed by atoms with Crippen molar-refractivity contribution in [2.24, 2.45) is 0 Å². The number of rotatable bonds is 5. The van der Waals surface area contributed by atoms with Gasteiger partial charge in [-0.3, -0.25) is 0 Å². The van der Waals surface area contributed by atoms with Crippen molar-refractivity contribution >= 4 is 22.8 Å². The van der Waals surface area contributed by atoms with Crippen LogP contribution >= 0.6 is 0 Å². The average Bonchev–Trinajstić information content (AvgIpc) is 2.73. The van der Waals surface area contributed by atoms with Crippen molar-refractivity contribution < 1.29 is 14.2 Å². The number of ether oxygens (including phenoxy) is 1. The highest BCUT2D eigenvalue weighted by Crippen LogP contribution is 2.27.